The summed E-state index contributed by atoms with van der Waals surface area (Å²) in [6, 6.07) is 7.74. The number of nitrogens with one attached hydrogen (secondary N) is 1. The SMILES string of the molecule is CC1(C(=O)N2CCC(O)C2)COC(c2nc(-c3ccc(F)cc3)c(-c3ccnc(OCCCO)n3)[nH]2)OC1. The van der Waals surface area contributed by atoms with Gasteiger partial charge in [-0.2, -0.15) is 4.98 Å². The first-order valence-corrected chi connectivity index (χ1v) is 12.5. The number of aromatic amines is 1. The molecule has 3 aromatic rings. The molecule has 12 heteroatoms. The molecule has 0 aliphatic carbocycles. The summed E-state index contributed by atoms with van der Waals surface area (Å²) in [6.45, 7) is 3.08. The van der Waals surface area contributed by atoms with Crippen LogP contribution in [-0.4, -0.2) is 86.6 Å². The first-order valence-electron chi connectivity index (χ1n) is 12.5. The molecule has 202 valence electrons. The number of amides is 1. The predicted molar refractivity (Wildman–Crippen MR) is 132 cm³/mol. The summed E-state index contributed by atoms with van der Waals surface area (Å²) in [6.07, 6.45) is 1.18. The third-order valence-electron chi connectivity index (χ3n) is 6.56. The zero-order valence-corrected chi connectivity index (χ0v) is 21.0. The average molecular weight is 528 g/mol. The fourth-order valence-electron chi connectivity index (χ4n) is 4.48. The van der Waals surface area contributed by atoms with Crippen molar-refractivity contribution in [3.8, 4) is 28.7 Å². The van der Waals surface area contributed by atoms with Crippen molar-refractivity contribution in [1.82, 2.24) is 24.8 Å². The number of likely N-dealkylation sites (tertiary alicyclic amines) is 1. The molecule has 1 amide bonds. The highest BCUT2D eigenvalue weighted by molar-refractivity contribution is 5.83. The van der Waals surface area contributed by atoms with Crippen LogP contribution in [0, 0.1) is 11.2 Å². The van der Waals surface area contributed by atoms with Gasteiger partial charge in [0.2, 0.25) is 12.2 Å². The van der Waals surface area contributed by atoms with E-state index in [0.29, 0.717) is 54.4 Å². The number of ether oxygens (including phenoxy) is 3. The van der Waals surface area contributed by atoms with E-state index in [2.05, 4.69) is 15.0 Å². The fraction of sp³-hybridized carbons (Fsp3) is 0.462. The van der Waals surface area contributed by atoms with Gasteiger partial charge in [0.15, 0.2) is 5.82 Å². The molecule has 1 atom stereocenters. The number of hydrogen-bond donors (Lipinski definition) is 3. The minimum Gasteiger partial charge on any atom is -0.463 e. The molecule has 0 saturated carbocycles. The van der Waals surface area contributed by atoms with Crippen LogP contribution in [0.2, 0.25) is 0 Å². The molecule has 2 aromatic heterocycles. The summed E-state index contributed by atoms with van der Waals surface area (Å²) in [4.78, 5) is 31.2. The number of rotatable bonds is 8. The smallest absolute Gasteiger partial charge is 0.316 e. The number of aliphatic hydroxyl groups excluding tert-OH is 2. The van der Waals surface area contributed by atoms with Crippen LogP contribution in [0.25, 0.3) is 22.6 Å². The lowest BCUT2D eigenvalue weighted by Gasteiger charge is -2.37. The summed E-state index contributed by atoms with van der Waals surface area (Å²) in [5.74, 6) is -0.123. The Hall–Kier alpha value is -3.45. The Kier molecular flexibility index (Phi) is 7.65. The normalized spacial score (nSPS) is 23.5. The quantitative estimate of drug-likeness (QED) is 0.375. The minimum atomic E-state index is -0.886. The Balaban J connectivity index is 1.39. The van der Waals surface area contributed by atoms with Crippen molar-refractivity contribution in [1.29, 1.82) is 0 Å². The maximum Gasteiger partial charge on any atom is 0.316 e. The van der Waals surface area contributed by atoms with E-state index in [-0.39, 0.29) is 44.2 Å². The Morgan fingerprint density at radius 3 is 2.68 bits per heavy atom. The Morgan fingerprint density at radius 1 is 1.24 bits per heavy atom. The molecule has 2 fully saturated rings. The minimum absolute atomic E-state index is 0.00959. The molecule has 1 aromatic carbocycles. The third kappa shape index (κ3) is 5.53. The van der Waals surface area contributed by atoms with Crippen LogP contribution in [0.3, 0.4) is 0 Å². The maximum absolute atomic E-state index is 13.6. The van der Waals surface area contributed by atoms with Gasteiger partial charge < -0.3 is 34.3 Å². The van der Waals surface area contributed by atoms with Gasteiger partial charge in [0.25, 0.3) is 0 Å². The van der Waals surface area contributed by atoms with Gasteiger partial charge in [-0.3, -0.25) is 4.79 Å². The van der Waals surface area contributed by atoms with E-state index in [1.54, 1.807) is 36.2 Å². The zero-order valence-electron chi connectivity index (χ0n) is 21.0. The number of benzene rings is 1. The summed E-state index contributed by atoms with van der Waals surface area (Å²) in [5, 5.41) is 18.8. The lowest BCUT2D eigenvalue weighted by Crippen LogP contribution is -2.49. The summed E-state index contributed by atoms with van der Waals surface area (Å²) in [7, 11) is 0. The van der Waals surface area contributed by atoms with Crippen LogP contribution in [0.15, 0.2) is 36.5 Å². The summed E-state index contributed by atoms with van der Waals surface area (Å²) in [5.41, 5.74) is 1.28. The molecule has 2 saturated heterocycles. The topological polar surface area (TPSA) is 143 Å². The molecule has 2 aliphatic rings. The van der Waals surface area contributed by atoms with Crippen molar-refractivity contribution in [2.45, 2.75) is 32.2 Å². The molecule has 38 heavy (non-hydrogen) atoms. The van der Waals surface area contributed by atoms with Crippen molar-refractivity contribution >= 4 is 5.91 Å². The first kappa shape index (κ1) is 26.2. The molecule has 2 aliphatic heterocycles. The lowest BCUT2D eigenvalue weighted by molar-refractivity contribution is -0.234. The number of halogens is 1. The molecule has 1 unspecified atom stereocenters. The van der Waals surface area contributed by atoms with Gasteiger partial charge in [-0.1, -0.05) is 0 Å². The third-order valence-corrected chi connectivity index (χ3v) is 6.56. The van der Waals surface area contributed by atoms with Gasteiger partial charge in [-0.15, -0.1) is 0 Å². The average Bonchev–Trinajstić information content (AvgIpc) is 3.56. The lowest BCUT2D eigenvalue weighted by atomic mass is 9.90. The highest BCUT2D eigenvalue weighted by atomic mass is 19.1. The first-order chi connectivity index (χ1) is 18.4. The molecular weight excluding hydrogens is 497 g/mol. The standard InChI is InChI=1S/C26H30FN5O6/c1-26(24(35)32-10-8-18(34)13-32)14-37-23(38-15-26)22-30-20(16-3-5-17(27)6-4-16)21(31-22)19-7-9-28-25(29-19)36-12-2-11-33/h3-7,9,18,23,33-34H,2,8,10-15H2,1H3,(H,30,31). The number of nitrogens with zero attached hydrogens (tertiary/aromatic N) is 4. The highest BCUT2D eigenvalue weighted by Gasteiger charge is 2.44. The van der Waals surface area contributed by atoms with Crippen LogP contribution < -0.4 is 4.74 Å². The van der Waals surface area contributed by atoms with Gasteiger partial charge in [0.1, 0.15) is 5.82 Å². The molecule has 0 spiro atoms. The van der Waals surface area contributed by atoms with E-state index >= 15 is 0 Å². The van der Waals surface area contributed by atoms with Gasteiger partial charge in [0, 0.05) is 37.9 Å². The van der Waals surface area contributed by atoms with Crippen molar-refractivity contribution in [2.75, 3.05) is 39.5 Å². The fourth-order valence-corrected chi connectivity index (χ4v) is 4.48. The van der Waals surface area contributed by atoms with E-state index in [1.165, 1.54) is 12.1 Å². The number of β-amino-alcohol motifs (C(OH)–C–C–N with tert-alkyl or cyclic N) is 1. The van der Waals surface area contributed by atoms with Crippen molar-refractivity contribution < 1.29 is 33.6 Å². The Labute approximate surface area is 218 Å². The Morgan fingerprint density at radius 2 is 2.00 bits per heavy atom. The van der Waals surface area contributed by atoms with E-state index in [0.717, 1.165) is 0 Å². The second kappa shape index (κ2) is 11.1. The monoisotopic (exact) mass is 527 g/mol. The van der Waals surface area contributed by atoms with E-state index < -0.39 is 17.8 Å². The molecule has 4 heterocycles. The van der Waals surface area contributed by atoms with Crippen LogP contribution in [0.4, 0.5) is 4.39 Å². The number of imidazole rings is 1. The van der Waals surface area contributed by atoms with Crippen LogP contribution in [-0.2, 0) is 14.3 Å². The number of aliphatic hydroxyl groups is 2. The highest BCUT2D eigenvalue weighted by Crippen LogP contribution is 2.36. The number of H-pyrrole nitrogens is 1. The largest absolute Gasteiger partial charge is 0.463 e. The maximum atomic E-state index is 13.6. The predicted octanol–water partition coefficient (Wildman–Crippen LogP) is 2.08. The van der Waals surface area contributed by atoms with Gasteiger partial charge in [-0.05, 0) is 43.7 Å². The number of carbonyl (C=O) groups excluding carboxylic acids is 1. The second-order valence-electron chi connectivity index (χ2n) is 9.71. The van der Waals surface area contributed by atoms with E-state index in [1.807, 2.05) is 0 Å². The second-order valence-corrected chi connectivity index (χ2v) is 9.71. The van der Waals surface area contributed by atoms with Crippen LogP contribution >= 0.6 is 0 Å². The molecule has 11 nitrogen and oxygen atoms in total. The molecule has 5 rings (SSSR count). The van der Waals surface area contributed by atoms with Crippen LogP contribution in [0.1, 0.15) is 31.9 Å². The van der Waals surface area contributed by atoms with Gasteiger partial charge in [-0.25, -0.2) is 14.4 Å². The van der Waals surface area contributed by atoms with E-state index in [4.69, 9.17) is 24.3 Å². The van der Waals surface area contributed by atoms with E-state index in [9.17, 15) is 14.3 Å². The van der Waals surface area contributed by atoms with Gasteiger partial charge in [0.05, 0.1) is 48.4 Å². The van der Waals surface area contributed by atoms with Crippen molar-refractivity contribution in [3.63, 3.8) is 0 Å². The molecule has 0 radical (unpaired) electrons. The molecule has 0 bridgehead atoms. The molecule has 3 N–H and O–H groups in total. The summed E-state index contributed by atoms with van der Waals surface area (Å²) >= 11 is 0. The Bertz CT molecular complexity index is 1260. The number of hydrogen-bond acceptors (Lipinski definition) is 9. The molecular formula is C26H30FN5O6. The number of carbonyl (C=O) groups is 1. The summed E-state index contributed by atoms with van der Waals surface area (Å²) < 4.78 is 31.1. The van der Waals surface area contributed by atoms with Crippen molar-refractivity contribution in [3.05, 3.63) is 48.2 Å². The van der Waals surface area contributed by atoms with Crippen LogP contribution in [0.5, 0.6) is 6.01 Å². The number of aromatic nitrogens is 4. The van der Waals surface area contributed by atoms with Crippen molar-refractivity contribution in [2.24, 2.45) is 5.41 Å². The zero-order chi connectivity index (χ0) is 26.7. The van der Waals surface area contributed by atoms with Gasteiger partial charge >= 0.3 is 6.01 Å².